The average Bonchev–Trinajstić information content (AvgIpc) is 2.41. The molecule has 0 bridgehead atoms. The van der Waals surface area contributed by atoms with Crippen molar-refractivity contribution in [3.05, 3.63) is 59.7 Å². The van der Waals surface area contributed by atoms with Crippen molar-refractivity contribution in [1.82, 2.24) is 0 Å². The predicted octanol–water partition coefficient (Wildman–Crippen LogP) is 1.73. The van der Waals surface area contributed by atoms with E-state index in [2.05, 4.69) is 0 Å². The van der Waals surface area contributed by atoms with Crippen molar-refractivity contribution >= 4 is 17.3 Å². The molecule has 0 radical (unpaired) electrons. The third kappa shape index (κ3) is 5.10. The van der Waals surface area contributed by atoms with Crippen LogP contribution in [0.1, 0.15) is 15.9 Å². The number of aromatic carboxylic acids is 1. The van der Waals surface area contributed by atoms with Gasteiger partial charge in [-0.25, -0.2) is 4.79 Å². The molecular formula is C14H16N2O3. The van der Waals surface area contributed by atoms with Crippen LogP contribution in [0.25, 0.3) is 0 Å². The van der Waals surface area contributed by atoms with Crippen molar-refractivity contribution in [2.24, 2.45) is 0 Å². The number of benzene rings is 2. The second-order valence-electron chi connectivity index (χ2n) is 3.83. The molecule has 0 heterocycles. The van der Waals surface area contributed by atoms with Gasteiger partial charge in [0.1, 0.15) is 0 Å². The number of hydrogen-bond donors (Lipinski definition) is 4. The van der Waals surface area contributed by atoms with Gasteiger partial charge in [-0.1, -0.05) is 12.1 Å². The number of anilines is 2. The van der Waals surface area contributed by atoms with Crippen LogP contribution in [0, 0.1) is 0 Å². The van der Waals surface area contributed by atoms with Crippen LogP contribution in [0.4, 0.5) is 11.4 Å². The maximum absolute atomic E-state index is 10.3. The van der Waals surface area contributed by atoms with Gasteiger partial charge in [-0.15, -0.1) is 0 Å². The van der Waals surface area contributed by atoms with Crippen molar-refractivity contribution in [2.45, 2.75) is 6.61 Å². The molecule has 2 aromatic carbocycles. The van der Waals surface area contributed by atoms with Gasteiger partial charge in [0.2, 0.25) is 0 Å². The maximum Gasteiger partial charge on any atom is 0.335 e. The van der Waals surface area contributed by atoms with Crippen LogP contribution in [0.2, 0.25) is 0 Å². The molecule has 5 heteroatoms. The molecule has 0 aliphatic rings. The zero-order chi connectivity index (χ0) is 14.3. The van der Waals surface area contributed by atoms with Gasteiger partial charge < -0.3 is 21.7 Å². The summed E-state index contributed by atoms with van der Waals surface area (Å²) in [6, 6.07) is 13.2. The number of nitrogen functional groups attached to an aromatic ring is 2. The zero-order valence-corrected chi connectivity index (χ0v) is 10.3. The van der Waals surface area contributed by atoms with Crippen LogP contribution in [0.15, 0.2) is 48.5 Å². The Morgan fingerprint density at radius 1 is 0.895 bits per heavy atom. The maximum atomic E-state index is 10.3. The minimum Gasteiger partial charge on any atom is -0.478 e. The SMILES string of the molecule is Nc1ccc(C(=O)O)cc1.Nc1ccc(CO)cc1. The van der Waals surface area contributed by atoms with E-state index >= 15 is 0 Å². The van der Waals surface area contributed by atoms with E-state index in [1.165, 1.54) is 12.1 Å². The third-order valence-corrected chi connectivity index (χ3v) is 2.32. The Balaban J connectivity index is 0.000000191. The molecule has 0 aliphatic heterocycles. The molecule has 2 aromatic rings. The minimum atomic E-state index is -0.931. The highest BCUT2D eigenvalue weighted by atomic mass is 16.4. The lowest BCUT2D eigenvalue weighted by Crippen LogP contribution is -1.95. The minimum absolute atomic E-state index is 0.0836. The number of carbonyl (C=O) groups is 1. The molecule has 0 atom stereocenters. The van der Waals surface area contributed by atoms with Gasteiger partial charge in [-0.05, 0) is 42.0 Å². The van der Waals surface area contributed by atoms with Crippen LogP contribution >= 0.6 is 0 Å². The summed E-state index contributed by atoms with van der Waals surface area (Å²) in [4.78, 5) is 10.3. The first kappa shape index (κ1) is 14.5. The number of carboxylic acid groups (broad SMARTS) is 1. The highest BCUT2D eigenvalue weighted by Gasteiger charge is 1.98. The summed E-state index contributed by atoms with van der Waals surface area (Å²) in [5.74, 6) is -0.931. The fourth-order valence-corrected chi connectivity index (χ4v) is 1.25. The van der Waals surface area contributed by atoms with E-state index in [0.29, 0.717) is 5.69 Å². The van der Waals surface area contributed by atoms with Gasteiger partial charge in [0.15, 0.2) is 0 Å². The summed E-state index contributed by atoms with van der Waals surface area (Å²) in [5.41, 5.74) is 13.2. The molecule has 0 amide bonds. The quantitative estimate of drug-likeness (QED) is 0.615. The number of carboxylic acids is 1. The Hall–Kier alpha value is -2.53. The van der Waals surface area contributed by atoms with Crippen LogP contribution < -0.4 is 11.5 Å². The largest absolute Gasteiger partial charge is 0.478 e. The van der Waals surface area contributed by atoms with E-state index in [1.54, 1.807) is 36.4 Å². The molecule has 0 aromatic heterocycles. The van der Waals surface area contributed by atoms with Crippen molar-refractivity contribution in [2.75, 3.05) is 11.5 Å². The Morgan fingerprint density at radius 3 is 1.68 bits per heavy atom. The first-order valence-corrected chi connectivity index (χ1v) is 5.57. The Labute approximate surface area is 111 Å². The van der Waals surface area contributed by atoms with Crippen molar-refractivity contribution in [1.29, 1.82) is 0 Å². The highest BCUT2D eigenvalue weighted by Crippen LogP contribution is 2.04. The van der Waals surface area contributed by atoms with E-state index in [1.807, 2.05) is 0 Å². The molecule has 2 rings (SSSR count). The third-order valence-electron chi connectivity index (χ3n) is 2.32. The average molecular weight is 260 g/mol. The van der Waals surface area contributed by atoms with Gasteiger partial charge in [-0.2, -0.15) is 0 Å². The van der Waals surface area contributed by atoms with Gasteiger partial charge >= 0.3 is 5.97 Å². The Kier molecular flexibility index (Phi) is 5.37. The van der Waals surface area contributed by atoms with Crippen LogP contribution in [-0.2, 0) is 6.61 Å². The molecule has 6 N–H and O–H groups in total. The molecule has 100 valence electrons. The van der Waals surface area contributed by atoms with Gasteiger partial charge in [-0.3, -0.25) is 0 Å². The first-order chi connectivity index (χ1) is 9.02. The van der Waals surface area contributed by atoms with Crippen molar-refractivity contribution < 1.29 is 15.0 Å². The molecular weight excluding hydrogens is 244 g/mol. The summed E-state index contributed by atoms with van der Waals surface area (Å²) in [6.45, 7) is 0.0836. The lowest BCUT2D eigenvalue weighted by molar-refractivity contribution is 0.0697. The fourth-order valence-electron chi connectivity index (χ4n) is 1.25. The number of nitrogens with two attached hydrogens (primary N) is 2. The number of aliphatic hydroxyl groups excluding tert-OH is 1. The molecule has 5 nitrogen and oxygen atoms in total. The normalized spacial score (nSPS) is 9.32. The molecule has 0 aliphatic carbocycles. The predicted molar refractivity (Wildman–Crippen MR) is 74.6 cm³/mol. The second-order valence-corrected chi connectivity index (χ2v) is 3.83. The van der Waals surface area contributed by atoms with Crippen molar-refractivity contribution in [3.63, 3.8) is 0 Å². The van der Waals surface area contributed by atoms with E-state index < -0.39 is 5.97 Å². The van der Waals surface area contributed by atoms with E-state index in [-0.39, 0.29) is 12.2 Å². The summed E-state index contributed by atoms with van der Waals surface area (Å²) in [7, 11) is 0. The topological polar surface area (TPSA) is 110 Å². The summed E-state index contributed by atoms with van der Waals surface area (Å²) >= 11 is 0. The molecule has 0 spiro atoms. The van der Waals surface area contributed by atoms with Gasteiger partial charge in [0.25, 0.3) is 0 Å². The summed E-state index contributed by atoms with van der Waals surface area (Å²) < 4.78 is 0. The van der Waals surface area contributed by atoms with E-state index in [0.717, 1.165) is 11.3 Å². The van der Waals surface area contributed by atoms with Crippen molar-refractivity contribution in [3.8, 4) is 0 Å². The molecule has 0 unspecified atom stereocenters. The first-order valence-electron chi connectivity index (χ1n) is 5.57. The monoisotopic (exact) mass is 260 g/mol. The highest BCUT2D eigenvalue weighted by molar-refractivity contribution is 5.87. The smallest absolute Gasteiger partial charge is 0.335 e. The second kappa shape index (κ2) is 7.03. The molecule has 0 saturated heterocycles. The summed E-state index contributed by atoms with van der Waals surface area (Å²) in [5, 5.41) is 17.0. The van der Waals surface area contributed by atoms with Crippen LogP contribution in [0.3, 0.4) is 0 Å². The standard InChI is InChI=1S/C7H7NO2.C7H9NO/c8-6-3-1-5(2-4-6)7(9)10;8-7-3-1-6(5-9)2-4-7/h1-4H,8H2,(H,9,10);1-4,9H,5,8H2. The lowest BCUT2D eigenvalue weighted by atomic mass is 10.2. The van der Waals surface area contributed by atoms with E-state index in [4.69, 9.17) is 21.7 Å². The number of aliphatic hydroxyl groups is 1. The molecule has 0 fully saturated rings. The fraction of sp³-hybridized carbons (Fsp3) is 0.0714. The lowest BCUT2D eigenvalue weighted by Gasteiger charge is -1.94. The number of rotatable bonds is 2. The van der Waals surface area contributed by atoms with Gasteiger partial charge in [0.05, 0.1) is 12.2 Å². The van der Waals surface area contributed by atoms with Crippen LogP contribution in [0.5, 0.6) is 0 Å². The summed E-state index contributed by atoms with van der Waals surface area (Å²) in [6.07, 6.45) is 0. The van der Waals surface area contributed by atoms with E-state index in [9.17, 15) is 4.79 Å². The molecule has 0 saturated carbocycles. The Morgan fingerprint density at radius 2 is 1.32 bits per heavy atom. The Bertz CT molecular complexity index is 521. The van der Waals surface area contributed by atoms with Crippen LogP contribution in [-0.4, -0.2) is 16.2 Å². The van der Waals surface area contributed by atoms with Gasteiger partial charge in [0, 0.05) is 11.4 Å². The zero-order valence-electron chi connectivity index (χ0n) is 10.3. The number of hydrogen-bond acceptors (Lipinski definition) is 4. The molecule has 19 heavy (non-hydrogen) atoms.